The van der Waals surface area contributed by atoms with Crippen molar-refractivity contribution in [2.24, 2.45) is 0 Å². The second-order valence-corrected chi connectivity index (χ2v) is 22.3. The summed E-state index contributed by atoms with van der Waals surface area (Å²) in [7, 11) is -1.67. The van der Waals surface area contributed by atoms with E-state index in [2.05, 4.69) is 98.5 Å². The van der Waals surface area contributed by atoms with Crippen molar-refractivity contribution in [3.8, 4) is 22.8 Å². The standard InChI is InChI=1S/C37H56BN5O5Si/c1-35(2,3)46-34(44)41-30-12-11-19-42(25-30)24-27-17-18-39-31(22-27)33-40-23-32(43(33)26-45-20-21-49(8,9)10)28-13-15-29(16-14-28)38-47-36(4,5)37(6,7)48-38/h13-18,22-23,30H,11-12,19-21,24-26H2,1-10H3,(H,41,44)/t30-/m1/s1. The smallest absolute Gasteiger partial charge is 0.444 e. The molecule has 5 rings (SSSR count). The van der Waals surface area contributed by atoms with Crippen LogP contribution in [0.4, 0.5) is 4.79 Å². The fourth-order valence-corrected chi connectivity index (χ4v) is 6.77. The zero-order valence-corrected chi connectivity index (χ0v) is 32.3. The molecule has 2 aliphatic rings. The van der Waals surface area contributed by atoms with Gasteiger partial charge in [0.25, 0.3) is 0 Å². The predicted octanol–water partition coefficient (Wildman–Crippen LogP) is 6.71. The number of piperidine rings is 1. The molecular formula is C37H56BN5O5Si. The van der Waals surface area contributed by atoms with Gasteiger partial charge in [-0.3, -0.25) is 14.5 Å². The lowest BCUT2D eigenvalue weighted by Gasteiger charge is -2.33. The molecule has 2 fully saturated rings. The van der Waals surface area contributed by atoms with E-state index in [0.717, 1.165) is 72.3 Å². The Balaban J connectivity index is 1.34. The van der Waals surface area contributed by atoms with E-state index in [4.69, 9.17) is 28.8 Å². The number of amides is 1. The number of ether oxygens (including phenoxy) is 2. The molecule has 1 atom stereocenters. The van der Waals surface area contributed by atoms with Crippen molar-refractivity contribution < 1.29 is 23.6 Å². The molecule has 0 radical (unpaired) electrons. The molecule has 1 N–H and O–H groups in total. The molecule has 2 saturated heterocycles. The van der Waals surface area contributed by atoms with Crippen LogP contribution in [0.3, 0.4) is 0 Å². The first kappa shape index (κ1) is 37.2. The predicted molar refractivity (Wildman–Crippen MR) is 198 cm³/mol. The molecule has 4 heterocycles. The summed E-state index contributed by atoms with van der Waals surface area (Å²) in [4.78, 5) is 24.4. The molecule has 49 heavy (non-hydrogen) atoms. The maximum absolute atomic E-state index is 12.4. The fraction of sp³-hybridized carbons (Fsp3) is 0.595. The number of alkyl carbamates (subject to hydrolysis) is 1. The van der Waals surface area contributed by atoms with Crippen LogP contribution in [0.5, 0.6) is 0 Å². The zero-order chi connectivity index (χ0) is 35.6. The number of benzene rings is 1. The maximum Gasteiger partial charge on any atom is 0.494 e. The number of carbonyl (C=O) groups excluding carboxylic acids is 1. The van der Waals surface area contributed by atoms with Gasteiger partial charge in [0.15, 0.2) is 5.82 Å². The molecule has 3 aromatic rings. The number of rotatable bonds is 11. The van der Waals surface area contributed by atoms with Crippen molar-refractivity contribution in [2.75, 3.05) is 19.7 Å². The molecule has 1 amide bonds. The summed E-state index contributed by atoms with van der Waals surface area (Å²) in [5.41, 5.74) is 3.60. The van der Waals surface area contributed by atoms with Crippen LogP contribution >= 0.6 is 0 Å². The number of hydrogen-bond donors (Lipinski definition) is 1. The van der Waals surface area contributed by atoms with Gasteiger partial charge in [-0.25, -0.2) is 9.78 Å². The lowest BCUT2D eigenvalue weighted by atomic mass is 9.79. The Morgan fingerprint density at radius 3 is 2.41 bits per heavy atom. The van der Waals surface area contributed by atoms with E-state index in [-0.39, 0.29) is 12.1 Å². The first-order valence-corrected chi connectivity index (χ1v) is 21.4. The van der Waals surface area contributed by atoms with Crippen LogP contribution in [0, 0.1) is 0 Å². The number of imidazole rings is 1. The second-order valence-electron chi connectivity index (χ2n) is 16.7. The Bertz CT molecular complexity index is 1560. The third-order valence-corrected chi connectivity index (χ3v) is 11.2. The van der Waals surface area contributed by atoms with Gasteiger partial charge in [-0.2, -0.15) is 0 Å². The molecule has 12 heteroatoms. The van der Waals surface area contributed by atoms with E-state index >= 15 is 0 Å². The minimum absolute atomic E-state index is 0.0517. The fourth-order valence-electron chi connectivity index (χ4n) is 6.01. The van der Waals surface area contributed by atoms with Crippen molar-refractivity contribution in [1.82, 2.24) is 24.8 Å². The van der Waals surface area contributed by atoms with Gasteiger partial charge in [0.05, 0.1) is 23.1 Å². The third-order valence-electron chi connectivity index (χ3n) is 9.49. The van der Waals surface area contributed by atoms with Crippen LogP contribution in [-0.2, 0) is 32.1 Å². The largest absolute Gasteiger partial charge is 0.494 e. The maximum atomic E-state index is 12.4. The van der Waals surface area contributed by atoms with Crippen LogP contribution in [0.25, 0.3) is 22.8 Å². The van der Waals surface area contributed by atoms with E-state index in [0.29, 0.717) is 13.3 Å². The summed E-state index contributed by atoms with van der Waals surface area (Å²) < 4.78 is 26.5. The topological polar surface area (TPSA) is 100.0 Å². The average molecular weight is 690 g/mol. The number of aromatic nitrogens is 3. The minimum atomic E-state index is -1.25. The highest BCUT2D eigenvalue weighted by Crippen LogP contribution is 2.36. The number of likely N-dealkylation sites (tertiary alicyclic amines) is 1. The van der Waals surface area contributed by atoms with Crippen LogP contribution < -0.4 is 10.8 Å². The number of nitrogens with zero attached hydrogens (tertiary/aromatic N) is 4. The van der Waals surface area contributed by atoms with Crippen LogP contribution in [0.15, 0.2) is 48.8 Å². The summed E-state index contributed by atoms with van der Waals surface area (Å²) in [5, 5.41) is 3.06. The molecule has 2 aliphatic heterocycles. The van der Waals surface area contributed by atoms with E-state index in [9.17, 15) is 4.79 Å². The summed E-state index contributed by atoms with van der Waals surface area (Å²) >= 11 is 0. The Labute approximate surface area is 294 Å². The summed E-state index contributed by atoms with van der Waals surface area (Å²) in [6, 6.07) is 13.7. The quantitative estimate of drug-likeness (QED) is 0.175. The molecule has 1 aromatic carbocycles. The number of hydrogen-bond acceptors (Lipinski definition) is 8. The third kappa shape index (κ3) is 9.82. The normalized spacial score (nSPS) is 19.6. The molecule has 0 unspecified atom stereocenters. The number of pyridine rings is 1. The first-order valence-electron chi connectivity index (χ1n) is 17.7. The highest BCUT2D eigenvalue weighted by molar-refractivity contribution is 6.76. The zero-order valence-electron chi connectivity index (χ0n) is 31.3. The van der Waals surface area contributed by atoms with Crippen LogP contribution in [-0.4, -0.2) is 83.3 Å². The molecule has 0 saturated carbocycles. The van der Waals surface area contributed by atoms with E-state index < -0.39 is 32.0 Å². The van der Waals surface area contributed by atoms with Crippen molar-refractivity contribution in [2.45, 2.75) is 123 Å². The molecule has 0 bridgehead atoms. The Kier molecular flexibility index (Phi) is 11.2. The van der Waals surface area contributed by atoms with Gasteiger partial charge in [-0.1, -0.05) is 43.9 Å². The molecule has 0 spiro atoms. The van der Waals surface area contributed by atoms with Crippen LogP contribution in [0.1, 0.15) is 66.9 Å². The van der Waals surface area contributed by atoms with Gasteiger partial charge in [0.1, 0.15) is 18.0 Å². The molecule has 2 aromatic heterocycles. The van der Waals surface area contributed by atoms with Crippen molar-refractivity contribution in [3.63, 3.8) is 0 Å². The minimum Gasteiger partial charge on any atom is -0.444 e. The SMILES string of the molecule is CC(C)(C)OC(=O)N[C@@H]1CCCN(Cc2ccnc(-c3ncc(-c4ccc(B5OC(C)(C)C(C)(C)O5)cc4)n3COCC[Si](C)(C)C)c2)C1. The Morgan fingerprint density at radius 1 is 1.06 bits per heavy atom. The molecular weight excluding hydrogens is 633 g/mol. The molecule has 266 valence electrons. The van der Waals surface area contributed by atoms with Crippen molar-refractivity contribution in [3.05, 3.63) is 54.4 Å². The Hall–Kier alpha value is -3.03. The summed E-state index contributed by atoms with van der Waals surface area (Å²) in [6.07, 6.45) is 5.35. The second kappa shape index (κ2) is 14.7. The highest BCUT2D eigenvalue weighted by atomic mass is 28.3. The van der Waals surface area contributed by atoms with E-state index in [1.165, 1.54) is 0 Å². The van der Waals surface area contributed by atoms with Crippen molar-refractivity contribution >= 4 is 26.7 Å². The van der Waals surface area contributed by atoms with Crippen molar-refractivity contribution in [1.29, 1.82) is 0 Å². The lowest BCUT2D eigenvalue weighted by Crippen LogP contribution is -2.48. The summed E-state index contributed by atoms with van der Waals surface area (Å²) in [6.45, 7) is 24.6. The average Bonchev–Trinajstić information content (AvgIpc) is 3.51. The molecule has 0 aliphatic carbocycles. The number of nitrogens with one attached hydrogen (secondary N) is 1. The van der Waals surface area contributed by atoms with Gasteiger partial charge >= 0.3 is 13.2 Å². The van der Waals surface area contributed by atoms with Gasteiger partial charge in [0.2, 0.25) is 0 Å². The van der Waals surface area contributed by atoms with Crippen LogP contribution in [0.2, 0.25) is 25.7 Å². The highest BCUT2D eigenvalue weighted by Gasteiger charge is 2.51. The van der Waals surface area contributed by atoms with Gasteiger partial charge in [0, 0.05) is 40.0 Å². The monoisotopic (exact) mass is 689 g/mol. The lowest BCUT2D eigenvalue weighted by molar-refractivity contribution is 0.00578. The molecule has 10 nitrogen and oxygen atoms in total. The first-order chi connectivity index (χ1) is 22.9. The number of carbonyl (C=O) groups is 1. The van der Waals surface area contributed by atoms with Gasteiger partial charge in [-0.15, -0.1) is 0 Å². The van der Waals surface area contributed by atoms with Gasteiger partial charge in [-0.05, 0) is 103 Å². The summed E-state index contributed by atoms with van der Waals surface area (Å²) in [5.74, 6) is 0.767. The Morgan fingerprint density at radius 2 is 1.76 bits per heavy atom. The van der Waals surface area contributed by atoms with Gasteiger partial charge < -0.3 is 24.1 Å². The van der Waals surface area contributed by atoms with E-state index in [1.807, 2.05) is 33.2 Å². The van der Waals surface area contributed by atoms with E-state index in [1.54, 1.807) is 0 Å².